The van der Waals surface area contributed by atoms with E-state index in [9.17, 15) is 4.39 Å². The van der Waals surface area contributed by atoms with E-state index in [0.29, 0.717) is 17.2 Å². The molecule has 0 aliphatic carbocycles. The van der Waals surface area contributed by atoms with E-state index in [1.165, 1.54) is 23.5 Å². The molecule has 2 heterocycles. The molecule has 0 spiro atoms. The molecule has 0 aliphatic rings. The summed E-state index contributed by atoms with van der Waals surface area (Å²) in [6.07, 6.45) is 0. The number of hydrogen-bond donors (Lipinski definition) is 0. The lowest BCUT2D eigenvalue weighted by molar-refractivity contribution is 0.355. The van der Waals surface area contributed by atoms with Crippen molar-refractivity contribution in [2.45, 2.75) is 13.8 Å². The molecule has 8 heteroatoms. The highest BCUT2D eigenvalue weighted by Crippen LogP contribution is 2.35. The van der Waals surface area contributed by atoms with Crippen LogP contribution in [0.15, 0.2) is 41.8 Å². The van der Waals surface area contributed by atoms with Crippen molar-refractivity contribution in [1.82, 2.24) is 20.0 Å². The van der Waals surface area contributed by atoms with Crippen LogP contribution >= 0.6 is 11.3 Å². The van der Waals surface area contributed by atoms with Gasteiger partial charge in [0.25, 0.3) is 0 Å². The van der Waals surface area contributed by atoms with Gasteiger partial charge in [-0.2, -0.15) is 0 Å². The molecule has 4 rings (SSSR count). The minimum Gasteiger partial charge on any atom is -0.493 e. The summed E-state index contributed by atoms with van der Waals surface area (Å²) in [7, 11) is 3.21. The molecule has 0 aliphatic heterocycles. The standard InChI is InChI=1S/C21H19FN4O2S/c1-12-9-15(22)6-7-17(12)26-13(2)20(24-25-26)21-23-16(11-29-21)14-5-8-18(27-3)19(10-14)28-4/h5-11H,1-4H3. The van der Waals surface area contributed by atoms with Crippen LogP contribution in [0.5, 0.6) is 11.5 Å². The van der Waals surface area contributed by atoms with Gasteiger partial charge in [-0.05, 0) is 55.8 Å². The van der Waals surface area contributed by atoms with Crippen molar-refractivity contribution in [2.75, 3.05) is 14.2 Å². The fourth-order valence-electron chi connectivity index (χ4n) is 3.12. The summed E-state index contributed by atoms with van der Waals surface area (Å²) in [6, 6.07) is 10.3. The number of aromatic nitrogens is 4. The van der Waals surface area contributed by atoms with E-state index in [0.717, 1.165) is 33.2 Å². The topological polar surface area (TPSA) is 62.1 Å². The average molecular weight is 410 g/mol. The van der Waals surface area contributed by atoms with Crippen LogP contribution in [0.2, 0.25) is 0 Å². The second kappa shape index (κ2) is 7.63. The molecule has 0 fully saturated rings. The number of hydrogen-bond acceptors (Lipinski definition) is 6. The van der Waals surface area contributed by atoms with E-state index in [2.05, 4.69) is 10.3 Å². The molecular weight excluding hydrogens is 391 g/mol. The van der Waals surface area contributed by atoms with Gasteiger partial charge in [0.2, 0.25) is 0 Å². The van der Waals surface area contributed by atoms with E-state index in [1.807, 2.05) is 37.4 Å². The second-order valence-corrected chi connectivity index (χ2v) is 7.33. The average Bonchev–Trinajstić information content (AvgIpc) is 3.34. The summed E-state index contributed by atoms with van der Waals surface area (Å²) >= 11 is 1.49. The molecule has 2 aromatic carbocycles. The molecule has 0 N–H and O–H groups in total. The zero-order valence-electron chi connectivity index (χ0n) is 16.4. The predicted octanol–water partition coefficient (Wildman–Crippen LogP) is 4.83. The number of thiazole rings is 1. The summed E-state index contributed by atoms with van der Waals surface area (Å²) in [4.78, 5) is 4.73. The van der Waals surface area contributed by atoms with E-state index in [4.69, 9.17) is 14.5 Å². The Hall–Kier alpha value is -3.26. The van der Waals surface area contributed by atoms with Crippen LogP contribution in [0.3, 0.4) is 0 Å². The first-order chi connectivity index (χ1) is 14.0. The summed E-state index contributed by atoms with van der Waals surface area (Å²) < 4.78 is 25.8. The van der Waals surface area contributed by atoms with E-state index < -0.39 is 0 Å². The van der Waals surface area contributed by atoms with Gasteiger partial charge >= 0.3 is 0 Å². The quantitative estimate of drug-likeness (QED) is 0.472. The van der Waals surface area contributed by atoms with Gasteiger partial charge < -0.3 is 9.47 Å². The summed E-state index contributed by atoms with van der Waals surface area (Å²) in [6.45, 7) is 3.77. The second-order valence-electron chi connectivity index (χ2n) is 6.47. The SMILES string of the molecule is COc1ccc(-c2csc(-c3nnn(-c4ccc(F)cc4C)c3C)n2)cc1OC. The highest BCUT2D eigenvalue weighted by Gasteiger charge is 2.17. The zero-order valence-corrected chi connectivity index (χ0v) is 17.2. The Bertz CT molecular complexity index is 1190. The van der Waals surface area contributed by atoms with Gasteiger partial charge in [-0.25, -0.2) is 14.1 Å². The molecule has 0 saturated heterocycles. The van der Waals surface area contributed by atoms with E-state index in [-0.39, 0.29) is 5.82 Å². The lowest BCUT2D eigenvalue weighted by Gasteiger charge is -2.08. The van der Waals surface area contributed by atoms with Crippen molar-refractivity contribution < 1.29 is 13.9 Å². The van der Waals surface area contributed by atoms with Crippen molar-refractivity contribution in [3.05, 3.63) is 58.9 Å². The largest absolute Gasteiger partial charge is 0.493 e. The third-order valence-corrected chi connectivity index (χ3v) is 5.52. The first-order valence-corrected chi connectivity index (χ1v) is 9.77. The molecule has 0 radical (unpaired) electrons. The predicted molar refractivity (Wildman–Crippen MR) is 110 cm³/mol. The first-order valence-electron chi connectivity index (χ1n) is 8.89. The monoisotopic (exact) mass is 410 g/mol. The Balaban J connectivity index is 1.70. The molecule has 0 bridgehead atoms. The van der Waals surface area contributed by atoms with Crippen LogP contribution in [-0.2, 0) is 0 Å². The van der Waals surface area contributed by atoms with Crippen molar-refractivity contribution in [3.63, 3.8) is 0 Å². The molecule has 4 aromatic rings. The molecule has 2 aromatic heterocycles. The van der Waals surface area contributed by atoms with Gasteiger partial charge in [-0.3, -0.25) is 0 Å². The van der Waals surface area contributed by atoms with Gasteiger partial charge in [0, 0.05) is 10.9 Å². The molecule has 0 amide bonds. The van der Waals surface area contributed by atoms with Crippen molar-refractivity contribution >= 4 is 11.3 Å². The van der Waals surface area contributed by atoms with Crippen molar-refractivity contribution in [3.8, 4) is 39.1 Å². The molecule has 0 unspecified atom stereocenters. The normalized spacial score (nSPS) is 10.9. The lowest BCUT2D eigenvalue weighted by Crippen LogP contribution is -2.02. The number of rotatable bonds is 5. The number of halogens is 1. The maximum absolute atomic E-state index is 13.4. The Labute approximate surface area is 171 Å². The van der Waals surface area contributed by atoms with Gasteiger partial charge in [0.15, 0.2) is 11.5 Å². The Kier molecular flexibility index (Phi) is 5.02. The minimum absolute atomic E-state index is 0.274. The number of nitrogens with zero attached hydrogens (tertiary/aromatic N) is 4. The highest BCUT2D eigenvalue weighted by atomic mass is 32.1. The summed E-state index contributed by atoms with van der Waals surface area (Å²) in [5, 5.41) is 11.3. The number of benzene rings is 2. The van der Waals surface area contributed by atoms with Crippen molar-refractivity contribution in [2.24, 2.45) is 0 Å². The zero-order chi connectivity index (χ0) is 20.5. The van der Waals surface area contributed by atoms with Crippen LogP contribution in [0.4, 0.5) is 4.39 Å². The summed E-state index contributed by atoms with van der Waals surface area (Å²) in [5.41, 5.74) is 4.86. The van der Waals surface area contributed by atoms with Gasteiger partial charge in [0.1, 0.15) is 16.5 Å². The molecule has 0 saturated carbocycles. The molecule has 0 atom stereocenters. The first kappa shape index (κ1) is 19.1. The maximum Gasteiger partial charge on any atom is 0.161 e. The smallest absolute Gasteiger partial charge is 0.161 e. The number of ether oxygens (including phenoxy) is 2. The van der Waals surface area contributed by atoms with E-state index in [1.54, 1.807) is 25.0 Å². The van der Waals surface area contributed by atoms with Crippen LogP contribution in [0, 0.1) is 19.7 Å². The van der Waals surface area contributed by atoms with Crippen LogP contribution in [-0.4, -0.2) is 34.2 Å². The van der Waals surface area contributed by atoms with Crippen LogP contribution < -0.4 is 9.47 Å². The maximum atomic E-state index is 13.4. The number of aryl methyl sites for hydroxylation is 1. The van der Waals surface area contributed by atoms with E-state index >= 15 is 0 Å². The number of methoxy groups -OCH3 is 2. The van der Waals surface area contributed by atoms with Gasteiger partial charge in [-0.15, -0.1) is 16.4 Å². The molecular formula is C21H19FN4O2S. The molecule has 6 nitrogen and oxygen atoms in total. The fraction of sp³-hybridized carbons (Fsp3) is 0.190. The Morgan fingerprint density at radius 3 is 2.52 bits per heavy atom. The van der Waals surface area contributed by atoms with Gasteiger partial charge in [0.05, 0.1) is 31.3 Å². The Morgan fingerprint density at radius 1 is 1.00 bits per heavy atom. The molecule has 148 valence electrons. The van der Waals surface area contributed by atoms with Gasteiger partial charge in [-0.1, -0.05) is 5.21 Å². The Morgan fingerprint density at radius 2 is 1.79 bits per heavy atom. The minimum atomic E-state index is -0.274. The molecule has 29 heavy (non-hydrogen) atoms. The lowest BCUT2D eigenvalue weighted by atomic mass is 10.1. The van der Waals surface area contributed by atoms with Crippen LogP contribution in [0.25, 0.3) is 27.6 Å². The highest BCUT2D eigenvalue weighted by molar-refractivity contribution is 7.13. The fourth-order valence-corrected chi connectivity index (χ4v) is 3.99. The summed E-state index contributed by atoms with van der Waals surface area (Å²) in [5.74, 6) is 1.04. The third kappa shape index (κ3) is 3.47. The van der Waals surface area contributed by atoms with Crippen LogP contribution in [0.1, 0.15) is 11.3 Å². The third-order valence-electron chi connectivity index (χ3n) is 4.67. The van der Waals surface area contributed by atoms with Crippen molar-refractivity contribution in [1.29, 1.82) is 0 Å².